The van der Waals surface area contributed by atoms with E-state index in [2.05, 4.69) is 0 Å². The third-order valence-corrected chi connectivity index (χ3v) is 3.19. The van der Waals surface area contributed by atoms with Crippen molar-refractivity contribution in [3.05, 3.63) is 66.0 Å². The van der Waals surface area contributed by atoms with Gasteiger partial charge in [0.05, 0.1) is 0 Å². The quantitative estimate of drug-likeness (QED) is 0.698. The molecule has 0 bridgehead atoms. The lowest BCUT2D eigenvalue weighted by Gasteiger charge is -2.02. The van der Waals surface area contributed by atoms with E-state index in [0.29, 0.717) is 4.90 Å². The highest BCUT2D eigenvalue weighted by Crippen LogP contribution is 2.24. The second kappa shape index (κ2) is 4.99. The first-order chi connectivity index (χ1) is 7.36. The van der Waals surface area contributed by atoms with Crippen molar-refractivity contribution < 1.29 is 4.39 Å². The molecular weight excluding hydrogens is 207 g/mol. The van der Waals surface area contributed by atoms with Crippen molar-refractivity contribution in [3.8, 4) is 0 Å². The molecule has 2 aromatic carbocycles. The summed E-state index contributed by atoms with van der Waals surface area (Å²) < 4.78 is 13.3. The van der Waals surface area contributed by atoms with Crippen molar-refractivity contribution >= 4 is 11.8 Å². The lowest BCUT2D eigenvalue weighted by Crippen LogP contribution is -1.82. The van der Waals surface area contributed by atoms with E-state index in [1.165, 1.54) is 23.4 Å². The number of benzene rings is 2. The van der Waals surface area contributed by atoms with Crippen molar-refractivity contribution in [1.29, 1.82) is 0 Å². The van der Waals surface area contributed by atoms with E-state index in [-0.39, 0.29) is 5.82 Å². The Morgan fingerprint density at radius 1 is 0.867 bits per heavy atom. The number of hydrogen-bond donors (Lipinski definition) is 0. The zero-order chi connectivity index (χ0) is 10.5. The summed E-state index contributed by atoms with van der Waals surface area (Å²) in [5.41, 5.74) is 1.21. The van der Waals surface area contributed by atoms with E-state index in [0.717, 1.165) is 5.75 Å². The van der Waals surface area contributed by atoms with Crippen LogP contribution in [0.2, 0.25) is 0 Å². The molecule has 0 atom stereocenters. The fraction of sp³-hybridized carbons (Fsp3) is 0.0769. The number of thioether (sulfide) groups is 1. The molecule has 76 valence electrons. The summed E-state index contributed by atoms with van der Waals surface area (Å²) >= 11 is 1.53. The first kappa shape index (κ1) is 10.2. The Hall–Kier alpha value is -1.28. The molecule has 15 heavy (non-hydrogen) atoms. The monoisotopic (exact) mass is 218 g/mol. The Balaban J connectivity index is 2.03. The van der Waals surface area contributed by atoms with E-state index in [4.69, 9.17) is 0 Å². The van der Waals surface area contributed by atoms with Gasteiger partial charge in [-0.15, -0.1) is 11.8 Å². The first-order valence-electron chi connectivity index (χ1n) is 4.77. The van der Waals surface area contributed by atoms with Gasteiger partial charge < -0.3 is 0 Å². The Kier molecular flexibility index (Phi) is 3.41. The second-order valence-electron chi connectivity index (χ2n) is 3.20. The molecule has 0 amide bonds. The molecule has 0 nitrogen and oxygen atoms in total. The van der Waals surface area contributed by atoms with Gasteiger partial charge in [-0.1, -0.05) is 42.5 Å². The maximum Gasteiger partial charge on any atom is 0.136 e. The zero-order valence-corrected chi connectivity index (χ0v) is 9.01. The van der Waals surface area contributed by atoms with Gasteiger partial charge in [-0.25, -0.2) is 4.39 Å². The Bertz CT molecular complexity index is 426. The third-order valence-electron chi connectivity index (χ3n) is 2.07. The first-order valence-corrected chi connectivity index (χ1v) is 5.76. The number of halogens is 1. The van der Waals surface area contributed by atoms with Gasteiger partial charge in [0.2, 0.25) is 0 Å². The van der Waals surface area contributed by atoms with Crippen molar-refractivity contribution in [3.63, 3.8) is 0 Å². The van der Waals surface area contributed by atoms with Crippen LogP contribution in [0.25, 0.3) is 0 Å². The summed E-state index contributed by atoms with van der Waals surface area (Å²) in [7, 11) is 0. The van der Waals surface area contributed by atoms with Crippen LogP contribution in [-0.4, -0.2) is 0 Å². The van der Waals surface area contributed by atoms with Gasteiger partial charge in [-0.05, 0) is 17.7 Å². The minimum atomic E-state index is -0.140. The largest absolute Gasteiger partial charge is 0.206 e. The van der Waals surface area contributed by atoms with Crippen LogP contribution in [0, 0.1) is 5.82 Å². The third kappa shape index (κ3) is 2.83. The SMILES string of the molecule is Fc1ccccc1SCc1ccccc1. The fourth-order valence-corrected chi connectivity index (χ4v) is 2.19. The van der Waals surface area contributed by atoms with E-state index in [9.17, 15) is 4.39 Å². The minimum absolute atomic E-state index is 0.140. The normalized spacial score (nSPS) is 10.2. The van der Waals surface area contributed by atoms with Crippen LogP contribution in [0.4, 0.5) is 4.39 Å². The summed E-state index contributed by atoms with van der Waals surface area (Å²) in [6, 6.07) is 16.9. The van der Waals surface area contributed by atoms with Crippen molar-refractivity contribution in [2.24, 2.45) is 0 Å². The van der Waals surface area contributed by atoms with Crippen LogP contribution in [0.3, 0.4) is 0 Å². The Morgan fingerprint density at radius 3 is 2.27 bits per heavy atom. The molecule has 0 unspecified atom stereocenters. The van der Waals surface area contributed by atoms with E-state index in [1.54, 1.807) is 6.07 Å². The van der Waals surface area contributed by atoms with E-state index >= 15 is 0 Å². The molecule has 0 saturated heterocycles. The van der Waals surface area contributed by atoms with Crippen LogP contribution in [0.1, 0.15) is 5.56 Å². The average molecular weight is 218 g/mol. The smallest absolute Gasteiger partial charge is 0.136 e. The molecule has 0 spiro atoms. The summed E-state index contributed by atoms with van der Waals surface area (Å²) in [5.74, 6) is 0.667. The predicted octanol–water partition coefficient (Wildman–Crippen LogP) is 4.12. The van der Waals surface area contributed by atoms with Gasteiger partial charge in [0.15, 0.2) is 0 Å². The molecule has 0 N–H and O–H groups in total. The summed E-state index contributed by atoms with van der Waals surface area (Å²) in [6.07, 6.45) is 0. The van der Waals surface area contributed by atoms with Gasteiger partial charge in [-0.2, -0.15) is 0 Å². The number of hydrogen-bond acceptors (Lipinski definition) is 1. The molecule has 0 fully saturated rings. The molecule has 0 aliphatic rings. The van der Waals surface area contributed by atoms with Crippen LogP contribution >= 0.6 is 11.8 Å². The topological polar surface area (TPSA) is 0 Å². The van der Waals surface area contributed by atoms with Gasteiger partial charge in [0.25, 0.3) is 0 Å². The van der Waals surface area contributed by atoms with Crippen LogP contribution in [0.15, 0.2) is 59.5 Å². The van der Waals surface area contributed by atoms with Crippen LogP contribution in [0.5, 0.6) is 0 Å². The highest BCUT2D eigenvalue weighted by molar-refractivity contribution is 7.98. The highest BCUT2D eigenvalue weighted by atomic mass is 32.2. The number of rotatable bonds is 3. The Morgan fingerprint density at radius 2 is 1.53 bits per heavy atom. The van der Waals surface area contributed by atoms with Gasteiger partial charge in [0, 0.05) is 10.6 Å². The minimum Gasteiger partial charge on any atom is -0.206 e. The van der Waals surface area contributed by atoms with Crippen LogP contribution < -0.4 is 0 Å². The average Bonchev–Trinajstić information content (AvgIpc) is 2.29. The lowest BCUT2D eigenvalue weighted by molar-refractivity contribution is 0.602. The van der Waals surface area contributed by atoms with Gasteiger partial charge in [0.1, 0.15) is 5.82 Å². The molecule has 0 aliphatic heterocycles. The Labute approximate surface area is 93.1 Å². The summed E-state index contributed by atoms with van der Waals surface area (Å²) in [4.78, 5) is 0.710. The lowest BCUT2D eigenvalue weighted by atomic mass is 10.2. The molecular formula is C13H11FS. The van der Waals surface area contributed by atoms with Crippen LogP contribution in [-0.2, 0) is 5.75 Å². The predicted molar refractivity (Wildman–Crippen MR) is 62.4 cm³/mol. The van der Waals surface area contributed by atoms with E-state index < -0.39 is 0 Å². The summed E-state index contributed by atoms with van der Waals surface area (Å²) in [5, 5.41) is 0. The summed E-state index contributed by atoms with van der Waals surface area (Å²) in [6.45, 7) is 0. The zero-order valence-electron chi connectivity index (χ0n) is 8.19. The van der Waals surface area contributed by atoms with Crippen molar-refractivity contribution in [1.82, 2.24) is 0 Å². The molecule has 0 saturated carbocycles. The maximum absolute atomic E-state index is 13.3. The second-order valence-corrected chi connectivity index (χ2v) is 4.22. The van der Waals surface area contributed by atoms with Crippen molar-refractivity contribution in [2.75, 3.05) is 0 Å². The molecule has 0 aromatic heterocycles. The fourth-order valence-electron chi connectivity index (χ4n) is 1.30. The van der Waals surface area contributed by atoms with Crippen molar-refractivity contribution in [2.45, 2.75) is 10.6 Å². The van der Waals surface area contributed by atoms with Gasteiger partial charge >= 0.3 is 0 Å². The molecule has 2 aromatic rings. The molecule has 0 radical (unpaired) electrons. The van der Waals surface area contributed by atoms with E-state index in [1.807, 2.05) is 42.5 Å². The molecule has 2 heteroatoms. The molecule has 2 rings (SSSR count). The van der Waals surface area contributed by atoms with Gasteiger partial charge in [-0.3, -0.25) is 0 Å². The molecule has 0 aliphatic carbocycles. The standard InChI is InChI=1S/C13H11FS/c14-12-8-4-5-9-13(12)15-10-11-6-2-1-3-7-11/h1-9H,10H2. The molecule has 0 heterocycles. The highest BCUT2D eigenvalue weighted by Gasteiger charge is 2.00. The maximum atomic E-state index is 13.3.